The van der Waals surface area contributed by atoms with Crippen LogP contribution in [-0.4, -0.2) is 24.6 Å². The van der Waals surface area contributed by atoms with Gasteiger partial charge in [0, 0.05) is 18.1 Å². The maximum atomic E-state index is 11.5. The van der Waals surface area contributed by atoms with Gasteiger partial charge in [-0.25, -0.2) is 4.79 Å². The molecule has 3 aromatic rings. The number of anilines is 1. The first kappa shape index (κ1) is 16.7. The highest BCUT2D eigenvalue weighted by Crippen LogP contribution is 2.21. The van der Waals surface area contributed by atoms with Gasteiger partial charge < -0.3 is 10.1 Å². The van der Waals surface area contributed by atoms with Crippen LogP contribution in [0.4, 0.5) is 5.69 Å². The molecule has 4 nitrogen and oxygen atoms in total. The van der Waals surface area contributed by atoms with Crippen LogP contribution in [-0.2, 0) is 4.74 Å². The Morgan fingerprint density at radius 2 is 1.88 bits per heavy atom. The Bertz CT molecular complexity index is 909. The predicted molar refractivity (Wildman–Crippen MR) is 102 cm³/mol. The second-order valence-corrected chi connectivity index (χ2v) is 5.84. The van der Waals surface area contributed by atoms with Crippen molar-refractivity contribution >= 4 is 28.6 Å². The number of hydrogen-bond donors (Lipinski definition) is 1. The van der Waals surface area contributed by atoms with Gasteiger partial charge in [0.25, 0.3) is 0 Å². The van der Waals surface area contributed by atoms with Crippen molar-refractivity contribution in [3.63, 3.8) is 0 Å². The molecule has 0 fully saturated rings. The van der Waals surface area contributed by atoms with Crippen LogP contribution in [0.5, 0.6) is 0 Å². The lowest BCUT2D eigenvalue weighted by atomic mass is 10.1. The monoisotopic (exact) mass is 332 g/mol. The number of aromatic nitrogens is 1. The lowest BCUT2D eigenvalue weighted by Crippen LogP contribution is -2.03. The molecular formula is C21H20N2O2. The standard InChI is InChI=1S/C21H20N2O2/c1-15(13-16-8-10-18(11-9-16)21(24)25-2)14-23-19-7-3-5-17-6-4-12-22-20(17)19/h3-13,23H,14H2,1-2H3/b15-13+. The van der Waals surface area contributed by atoms with Crippen LogP contribution in [0, 0.1) is 0 Å². The summed E-state index contributed by atoms with van der Waals surface area (Å²) in [5.41, 5.74) is 4.77. The first-order chi connectivity index (χ1) is 12.2. The van der Waals surface area contributed by atoms with Crippen LogP contribution in [0.2, 0.25) is 0 Å². The lowest BCUT2D eigenvalue weighted by molar-refractivity contribution is 0.0600. The summed E-state index contributed by atoms with van der Waals surface area (Å²) in [6, 6.07) is 17.5. The van der Waals surface area contributed by atoms with Gasteiger partial charge in [-0.3, -0.25) is 4.98 Å². The maximum Gasteiger partial charge on any atom is 0.337 e. The van der Waals surface area contributed by atoms with Crippen LogP contribution in [0.15, 0.2) is 66.4 Å². The molecule has 0 amide bonds. The lowest BCUT2D eigenvalue weighted by Gasteiger charge is -2.09. The fraction of sp³-hybridized carbons (Fsp3) is 0.143. The number of rotatable bonds is 5. The van der Waals surface area contributed by atoms with Crippen molar-refractivity contribution in [2.75, 3.05) is 19.0 Å². The first-order valence-electron chi connectivity index (χ1n) is 8.10. The highest BCUT2D eigenvalue weighted by molar-refractivity contribution is 5.90. The number of para-hydroxylation sites is 1. The van der Waals surface area contributed by atoms with Gasteiger partial charge in [0.15, 0.2) is 0 Å². The van der Waals surface area contributed by atoms with E-state index in [1.54, 1.807) is 18.3 Å². The third-order valence-corrected chi connectivity index (χ3v) is 3.94. The van der Waals surface area contributed by atoms with Gasteiger partial charge in [-0.2, -0.15) is 0 Å². The highest BCUT2D eigenvalue weighted by Gasteiger charge is 2.04. The van der Waals surface area contributed by atoms with Gasteiger partial charge in [0.05, 0.1) is 23.9 Å². The van der Waals surface area contributed by atoms with E-state index in [0.29, 0.717) is 12.1 Å². The molecule has 0 aliphatic carbocycles. The van der Waals surface area contributed by atoms with E-state index in [1.807, 2.05) is 30.3 Å². The number of carbonyl (C=O) groups excluding carboxylic acids is 1. The van der Waals surface area contributed by atoms with Gasteiger partial charge in [-0.1, -0.05) is 42.0 Å². The van der Waals surface area contributed by atoms with Crippen molar-refractivity contribution < 1.29 is 9.53 Å². The van der Waals surface area contributed by atoms with E-state index in [2.05, 4.69) is 35.4 Å². The number of methoxy groups -OCH3 is 1. The van der Waals surface area contributed by atoms with Gasteiger partial charge in [0.1, 0.15) is 0 Å². The minimum Gasteiger partial charge on any atom is -0.465 e. The molecule has 0 saturated carbocycles. The molecular weight excluding hydrogens is 312 g/mol. The molecule has 0 unspecified atom stereocenters. The second-order valence-electron chi connectivity index (χ2n) is 5.84. The zero-order chi connectivity index (χ0) is 17.6. The second kappa shape index (κ2) is 7.62. The van der Waals surface area contributed by atoms with Gasteiger partial charge >= 0.3 is 5.97 Å². The highest BCUT2D eigenvalue weighted by atomic mass is 16.5. The van der Waals surface area contributed by atoms with Crippen LogP contribution in [0.25, 0.3) is 17.0 Å². The number of fused-ring (bicyclic) bond motifs is 1. The summed E-state index contributed by atoms with van der Waals surface area (Å²) in [5, 5.41) is 4.56. The van der Waals surface area contributed by atoms with Crippen molar-refractivity contribution in [1.82, 2.24) is 4.98 Å². The van der Waals surface area contributed by atoms with Crippen molar-refractivity contribution in [1.29, 1.82) is 0 Å². The number of nitrogens with one attached hydrogen (secondary N) is 1. The van der Waals surface area contributed by atoms with E-state index < -0.39 is 0 Å². The molecule has 1 N–H and O–H groups in total. The van der Waals surface area contributed by atoms with Crippen LogP contribution in [0.3, 0.4) is 0 Å². The molecule has 2 aromatic carbocycles. The number of pyridine rings is 1. The topological polar surface area (TPSA) is 51.2 Å². The normalized spacial score (nSPS) is 11.4. The fourth-order valence-electron chi connectivity index (χ4n) is 2.65. The summed E-state index contributed by atoms with van der Waals surface area (Å²) < 4.78 is 4.71. The molecule has 4 heteroatoms. The molecule has 0 atom stereocenters. The average Bonchev–Trinajstić information content (AvgIpc) is 2.66. The average molecular weight is 332 g/mol. The Morgan fingerprint density at radius 3 is 2.64 bits per heavy atom. The van der Waals surface area contributed by atoms with E-state index in [1.165, 1.54) is 12.7 Å². The molecule has 0 bridgehead atoms. The van der Waals surface area contributed by atoms with Gasteiger partial charge in [-0.05, 0) is 36.8 Å². The summed E-state index contributed by atoms with van der Waals surface area (Å²) >= 11 is 0. The Labute approximate surface area is 147 Å². The third-order valence-electron chi connectivity index (χ3n) is 3.94. The molecule has 0 spiro atoms. The number of esters is 1. The predicted octanol–water partition coefficient (Wildman–Crippen LogP) is 4.54. The van der Waals surface area contributed by atoms with E-state index in [4.69, 9.17) is 4.74 Å². The molecule has 0 saturated heterocycles. The van der Waals surface area contributed by atoms with E-state index >= 15 is 0 Å². The quantitative estimate of drug-likeness (QED) is 0.697. The summed E-state index contributed by atoms with van der Waals surface area (Å²) in [6.07, 6.45) is 3.89. The minimum absolute atomic E-state index is 0.322. The zero-order valence-electron chi connectivity index (χ0n) is 14.3. The van der Waals surface area contributed by atoms with Crippen molar-refractivity contribution in [2.45, 2.75) is 6.92 Å². The Morgan fingerprint density at radius 1 is 1.12 bits per heavy atom. The Hall–Kier alpha value is -3.14. The largest absolute Gasteiger partial charge is 0.465 e. The maximum absolute atomic E-state index is 11.5. The molecule has 126 valence electrons. The molecule has 0 aliphatic rings. The van der Waals surface area contributed by atoms with Crippen molar-refractivity contribution in [2.24, 2.45) is 0 Å². The number of ether oxygens (including phenoxy) is 1. The summed E-state index contributed by atoms with van der Waals surface area (Å²) in [6.45, 7) is 2.79. The van der Waals surface area contributed by atoms with E-state index in [9.17, 15) is 4.79 Å². The SMILES string of the molecule is COC(=O)c1ccc(/C=C(\C)CNc2cccc3cccnc23)cc1. The minimum atomic E-state index is -0.322. The van der Waals surface area contributed by atoms with E-state index in [0.717, 1.165) is 22.2 Å². The van der Waals surface area contributed by atoms with Crippen LogP contribution >= 0.6 is 0 Å². The number of carbonyl (C=O) groups is 1. The van der Waals surface area contributed by atoms with Gasteiger partial charge in [-0.15, -0.1) is 0 Å². The van der Waals surface area contributed by atoms with Crippen LogP contribution < -0.4 is 5.32 Å². The molecule has 1 heterocycles. The zero-order valence-corrected chi connectivity index (χ0v) is 14.3. The number of nitrogens with zero attached hydrogens (tertiary/aromatic N) is 1. The summed E-state index contributed by atoms with van der Waals surface area (Å²) in [7, 11) is 1.38. The van der Waals surface area contributed by atoms with Crippen molar-refractivity contribution in [3.05, 3.63) is 77.5 Å². The summed E-state index contributed by atoms with van der Waals surface area (Å²) in [5.74, 6) is -0.322. The number of hydrogen-bond acceptors (Lipinski definition) is 4. The smallest absolute Gasteiger partial charge is 0.337 e. The molecule has 25 heavy (non-hydrogen) atoms. The third kappa shape index (κ3) is 4.04. The molecule has 0 radical (unpaired) electrons. The molecule has 0 aliphatic heterocycles. The molecule has 1 aromatic heterocycles. The fourth-order valence-corrected chi connectivity index (χ4v) is 2.65. The Kier molecular flexibility index (Phi) is 5.09. The summed E-state index contributed by atoms with van der Waals surface area (Å²) in [4.78, 5) is 15.9. The molecule has 3 rings (SSSR count). The van der Waals surface area contributed by atoms with Gasteiger partial charge in [0.2, 0.25) is 0 Å². The van der Waals surface area contributed by atoms with Crippen LogP contribution in [0.1, 0.15) is 22.8 Å². The Balaban J connectivity index is 1.70. The first-order valence-corrected chi connectivity index (χ1v) is 8.10. The van der Waals surface area contributed by atoms with E-state index in [-0.39, 0.29) is 5.97 Å². The van der Waals surface area contributed by atoms with Crippen molar-refractivity contribution in [3.8, 4) is 0 Å². The number of benzene rings is 2.